The molecule has 0 aromatic heterocycles. The number of amides is 2. The summed E-state index contributed by atoms with van der Waals surface area (Å²) < 4.78 is 11.1. The van der Waals surface area contributed by atoms with E-state index in [9.17, 15) is 9.59 Å². The van der Waals surface area contributed by atoms with Crippen LogP contribution < -0.4 is 15.4 Å². The van der Waals surface area contributed by atoms with E-state index in [-0.39, 0.29) is 5.91 Å². The molecule has 168 valence electrons. The molecule has 6 nitrogen and oxygen atoms in total. The Morgan fingerprint density at radius 2 is 1.48 bits per heavy atom. The van der Waals surface area contributed by atoms with Crippen LogP contribution in [0.1, 0.15) is 52.7 Å². The monoisotopic (exact) mass is 426 g/mol. The summed E-state index contributed by atoms with van der Waals surface area (Å²) in [6.07, 6.45) is -0.287. The number of alkyl carbamates (subject to hydrolysis) is 1. The Morgan fingerprint density at radius 1 is 0.871 bits per heavy atom. The van der Waals surface area contributed by atoms with Crippen molar-refractivity contribution in [3.8, 4) is 5.75 Å². The minimum absolute atomic E-state index is 0.261. The van der Waals surface area contributed by atoms with E-state index in [0.29, 0.717) is 13.0 Å². The van der Waals surface area contributed by atoms with Gasteiger partial charge in [0.1, 0.15) is 24.0 Å². The second-order valence-corrected chi connectivity index (χ2v) is 9.56. The third-order valence-electron chi connectivity index (χ3n) is 4.12. The predicted molar refractivity (Wildman–Crippen MR) is 122 cm³/mol. The first kappa shape index (κ1) is 24.3. The van der Waals surface area contributed by atoms with Gasteiger partial charge in [0.05, 0.1) is 0 Å². The second kappa shape index (κ2) is 10.3. The van der Waals surface area contributed by atoms with Gasteiger partial charge in [0, 0.05) is 12.0 Å². The van der Waals surface area contributed by atoms with Crippen molar-refractivity contribution >= 4 is 12.0 Å². The summed E-state index contributed by atoms with van der Waals surface area (Å²) in [5.74, 6) is 0.478. The van der Waals surface area contributed by atoms with Crippen molar-refractivity contribution < 1.29 is 19.1 Å². The number of rotatable bonds is 7. The van der Waals surface area contributed by atoms with E-state index in [1.165, 1.54) is 0 Å². The fourth-order valence-electron chi connectivity index (χ4n) is 2.81. The maximum absolute atomic E-state index is 12.8. The molecule has 0 fully saturated rings. The standard InChI is InChI=1S/C25H34N2O4/c1-24(2,3)27-22(28)21(26-23(29)31-25(4,5)6)16-18-12-14-20(15-13-18)30-17-19-10-8-7-9-11-19/h7-15,21H,16-17H2,1-6H3,(H,26,29)(H,27,28). The van der Waals surface area contributed by atoms with Crippen molar-refractivity contribution in [2.24, 2.45) is 0 Å². The van der Waals surface area contributed by atoms with Gasteiger partial charge >= 0.3 is 6.09 Å². The van der Waals surface area contributed by atoms with Crippen LogP contribution in [0, 0.1) is 0 Å². The minimum Gasteiger partial charge on any atom is -0.489 e. The van der Waals surface area contributed by atoms with Crippen molar-refractivity contribution in [1.82, 2.24) is 10.6 Å². The van der Waals surface area contributed by atoms with Crippen LogP contribution in [-0.4, -0.2) is 29.2 Å². The van der Waals surface area contributed by atoms with Crippen molar-refractivity contribution in [3.63, 3.8) is 0 Å². The first-order chi connectivity index (χ1) is 14.4. The zero-order valence-corrected chi connectivity index (χ0v) is 19.3. The molecule has 0 aliphatic rings. The number of benzene rings is 2. The van der Waals surface area contributed by atoms with Gasteiger partial charge in [0.15, 0.2) is 0 Å². The fourth-order valence-corrected chi connectivity index (χ4v) is 2.81. The number of carbonyl (C=O) groups excluding carboxylic acids is 2. The predicted octanol–water partition coefficient (Wildman–Crippen LogP) is 4.62. The number of carbonyl (C=O) groups is 2. The molecule has 6 heteroatoms. The van der Waals surface area contributed by atoms with E-state index in [4.69, 9.17) is 9.47 Å². The summed E-state index contributed by atoms with van der Waals surface area (Å²) in [7, 11) is 0. The van der Waals surface area contributed by atoms with Gasteiger partial charge in [-0.25, -0.2) is 4.79 Å². The van der Waals surface area contributed by atoms with Gasteiger partial charge in [-0.3, -0.25) is 4.79 Å². The van der Waals surface area contributed by atoms with E-state index in [1.807, 2.05) is 75.4 Å². The van der Waals surface area contributed by atoms with E-state index < -0.39 is 23.3 Å². The molecule has 2 amide bonds. The summed E-state index contributed by atoms with van der Waals surface area (Å²) >= 11 is 0. The van der Waals surface area contributed by atoms with Crippen molar-refractivity contribution in [2.75, 3.05) is 0 Å². The molecule has 0 heterocycles. The first-order valence-electron chi connectivity index (χ1n) is 10.5. The quantitative estimate of drug-likeness (QED) is 0.678. The molecular weight excluding hydrogens is 392 g/mol. The Bertz CT molecular complexity index is 850. The lowest BCUT2D eigenvalue weighted by atomic mass is 10.0. The van der Waals surface area contributed by atoms with E-state index in [1.54, 1.807) is 20.8 Å². The Hall–Kier alpha value is -3.02. The van der Waals surface area contributed by atoms with Gasteiger partial charge in [-0.2, -0.15) is 0 Å². The lowest BCUT2D eigenvalue weighted by molar-refractivity contribution is -0.124. The van der Waals surface area contributed by atoms with Crippen LogP contribution in [0.15, 0.2) is 54.6 Å². The third kappa shape index (κ3) is 9.55. The van der Waals surface area contributed by atoms with Gasteiger partial charge < -0.3 is 20.1 Å². The average Bonchev–Trinajstić information content (AvgIpc) is 2.65. The van der Waals surface area contributed by atoms with Crippen LogP contribution in [-0.2, 0) is 22.6 Å². The largest absolute Gasteiger partial charge is 0.489 e. The zero-order valence-electron chi connectivity index (χ0n) is 19.3. The summed E-state index contributed by atoms with van der Waals surface area (Å²) in [6, 6.07) is 16.7. The van der Waals surface area contributed by atoms with Gasteiger partial charge in [0.2, 0.25) is 5.91 Å². The van der Waals surface area contributed by atoms with E-state index in [0.717, 1.165) is 16.9 Å². The fraction of sp³-hybridized carbons (Fsp3) is 0.440. The molecule has 0 bridgehead atoms. The molecule has 2 aromatic rings. The maximum atomic E-state index is 12.8. The van der Waals surface area contributed by atoms with Crippen LogP contribution >= 0.6 is 0 Å². The average molecular weight is 427 g/mol. The van der Waals surface area contributed by atoms with Gasteiger partial charge in [-0.1, -0.05) is 42.5 Å². The van der Waals surface area contributed by atoms with E-state index in [2.05, 4.69) is 10.6 Å². The van der Waals surface area contributed by atoms with Gasteiger partial charge in [0.25, 0.3) is 0 Å². The van der Waals surface area contributed by atoms with Gasteiger partial charge in [-0.15, -0.1) is 0 Å². The molecule has 1 unspecified atom stereocenters. The lowest BCUT2D eigenvalue weighted by Gasteiger charge is -2.27. The molecule has 1 atom stereocenters. The van der Waals surface area contributed by atoms with Crippen molar-refractivity contribution in [1.29, 1.82) is 0 Å². The first-order valence-corrected chi connectivity index (χ1v) is 10.5. The number of hydrogen-bond donors (Lipinski definition) is 2. The molecule has 0 spiro atoms. The lowest BCUT2D eigenvalue weighted by Crippen LogP contribution is -2.53. The molecular formula is C25H34N2O4. The van der Waals surface area contributed by atoms with Crippen molar-refractivity contribution in [2.45, 2.75) is 71.8 Å². The third-order valence-corrected chi connectivity index (χ3v) is 4.12. The molecule has 0 aliphatic carbocycles. The summed E-state index contributed by atoms with van der Waals surface area (Å²) in [5.41, 5.74) is 0.927. The molecule has 2 N–H and O–H groups in total. The second-order valence-electron chi connectivity index (χ2n) is 9.56. The molecule has 31 heavy (non-hydrogen) atoms. The van der Waals surface area contributed by atoms with Crippen LogP contribution in [0.5, 0.6) is 5.75 Å². The molecule has 0 radical (unpaired) electrons. The Balaban J connectivity index is 2.04. The molecule has 0 saturated heterocycles. The number of nitrogens with one attached hydrogen (secondary N) is 2. The Kier molecular flexibility index (Phi) is 8.08. The summed E-state index contributed by atoms with van der Waals surface area (Å²) in [4.78, 5) is 25.1. The molecule has 2 aromatic carbocycles. The van der Waals surface area contributed by atoms with Crippen LogP contribution in [0.4, 0.5) is 4.79 Å². The Labute approximate surface area is 185 Å². The minimum atomic E-state index is -0.759. The topological polar surface area (TPSA) is 76.7 Å². The normalized spacial score (nSPS) is 12.6. The zero-order chi connectivity index (χ0) is 23.1. The molecule has 2 rings (SSSR count). The highest BCUT2D eigenvalue weighted by Crippen LogP contribution is 2.16. The number of hydrogen-bond acceptors (Lipinski definition) is 4. The summed E-state index contributed by atoms with van der Waals surface area (Å²) in [5, 5.41) is 5.62. The highest BCUT2D eigenvalue weighted by Gasteiger charge is 2.27. The highest BCUT2D eigenvalue weighted by molar-refractivity contribution is 5.86. The summed E-state index contributed by atoms with van der Waals surface area (Å²) in [6.45, 7) is 11.5. The number of ether oxygens (including phenoxy) is 2. The molecule has 0 aliphatic heterocycles. The molecule has 0 saturated carbocycles. The van der Waals surface area contributed by atoms with Crippen LogP contribution in [0.2, 0.25) is 0 Å². The Morgan fingerprint density at radius 3 is 2.03 bits per heavy atom. The smallest absolute Gasteiger partial charge is 0.408 e. The van der Waals surface area contributed by atoms with E-state index >= 15 is 0 Å². The van der Waals surface area contributed by atoms with Crippen LogP contribution in [0.25, 0.3) is 0 Å². The van der Waals surface area contributed by atoms with Crippen molar-refractivity contribution in [3.05, 3.63) is 65.7 Å². The SMILES string of the molecule is CC(C)(C)NC(=O)C(Cc1ccc(OCc2ccccc2)cc1)NC(=O)OC(C)(C)C. The van der Waals surface area contributed by atoms with Crippen LogP contribution in [0.3, 0.4) is 0 Å². The maximum Gasteiger partial charge on any atom is 0.408 e. The highest BCUT2D eigenvalue weighted by atomic mass is 16.6. The van der Waals surface area contributed by atoms with Gasteiger partial charge in [-0.05, 0) is 64.8 Å².